The van der Waals surface area contributed by atoms with Crippen LogP contribution in [-0.4, -0.2) is 0 Å². The molecule has 0 saturated carbocycles. The smallest absolute Gasteiger partial charge is 0.139 e. The summed E-state index contributed by atoms with van der Waals surface area (Å²) in [6, 6.07) is 73.5. The van der Waals surface area contributed by atoms with Crippen LogP contribution in [0.2, 0.25) is 0 Å². The molecule has 0 radical (unpaired) electrons. The zero-order valence-electron chi connectivity index (χ0n) is 31.5. The lowest BCUT2D eigenvalue weighted by molar-refractivity contribution is 0.425. The first-order chi connectivity index (χ1) is 27.6. The van der Waals surface area contributed by atoms with Crippen LogP contribution in [0.1, 0.15) is 36.1 Å². The van der Waals surface area contributed by atoms with E-state index in [9.17, 15) is 0 Å². The van der Waals surface area contributed by atoms with Crippen molar-refractivity contribution in [2.45, 2.75) is 25.7 Å². The van der Waals surface area contributed by atoms with Crippen molar-refractivity contribution in [1.82, 2.24) is 0 Å². The molecule has 272 valence electrons. The highest BCUT2D eigenvalue weighted by molar-refractivity contribution is 7.80. The fourth-order valence-corrected chi connectivity index (χ4v) is 12.6. The molecule has 4 heteroatoms. The largest absolute Gasteiger partial charge is 0.457 e. The van der Waals surface area contributed by atoms with Crippen LogP contribution in [0, 0.1) is 0 Å². The molecule has 0 atom stereocenters. The van der Waals surface area contributed by atoms with E-state index < -0.39 is 15.8 Å². The van der Waals surface area contributed by atoms with Gasteiger partial charge in [0, 0.05) is 33.6 Å². The molecule has 0 aliphatic carbocycles. The molecule has 0 aromatic heterocycles. The Morgan fingerprint density at radius 3 is 1.07 bits per heavy atom. The summed E-state index contributed by atoms with van der Waals surface area (Å²) in [5, 5.41) is 7.81. The van der Waals surface area contributed by atoms with Crippen LogP contribution >= 0.6 is 15.8 Å². The van der Waals surface area contributed by atoms with Crippen molar-refractivity contribution < 1.29 is 9.47 Å². The van der Waals surface area contributed by atoms with Crippen LogP contribution in [0.25, 0.3) is 0 Å². The van der Waals surface area contributed by atoms with Gasteiger partial charge in [-0.3, -0.25) is 0 Å². The lowest BCUT2D eigenvalue weighted by atomic mass is 9.76. The molecular weight excluding hydrogens is 719 g/mol. The van der Waals surface area contributed by atoms with Gasteiger partial charge in [-0.05, 0) is 60.3 Å². The van der Waals surface area contributed by atoms with E-state index in [1.165, 1.54) is 54.1 Å². The molecule has 8 aromatic rings. The van der Waals surface area contributed by atoms with Gasteiger partial charge in [0.2, 0.25) is 0 Å². The van der Waals surface area contributed by atoms with E-state index >= 15 is 0 Å². The zero-order valence-corrected chi connectivity index (χ0v) is 33.3. The van der Waals surface area contributed by atoms with Gasteiger partial charge < -0.3 is 9.47 Å². The third-order valence-corrected chi connectivity index (χ3v) is 15.6. The predicted octanol–water partition coefficient (Wildman–Crippen LogP) is 11.0. The van der Waals surface area contributed by atoms with Crippen molar-refractivity contribution in [1.29, 1.82) is 0 Å². The van der Waals surface area contributed by atoms with Crippen LogP contribution in [0.5, 0.6) is 23.0 Å². The first-order valence-corrected chi connectivity index (χ1v) is 21.8. The lowest BCUT2D eigenvalue weighted by Crippen LogP contribution is -2.32. The Balaban J connectivity index is 0.000000244. The molecule has 0 spiro atoms. The normalized spacial score (nSPS) is 13.1. The molecular formula is C52H42O2P2. The van der Waals surface area contributed by atoms with E-state index in [1.807, 2.05) is 24.3 Å². The summed E-state index contributed by atoms with van der Waals surface area (Å²) in [6.45, 7) is 4.70. The number of benzene rings is 8. The summed E-state index contributed by atoms with van der Waals surface area (Å²) in [6.07, 6.45) is 0.979. The van der Waals surface area contributed by atoms with Gasteiger partial charge in [0.05, 0.1) is 0 Å². The van der Waals surface area contributed by atoms with Gasteiger partial charge in [-0.25, -0.2) is 0 Å². The highest BCUT2D eigenvalue weighted by Crippen LogP contribution is 2.52. The number of ether oxygens (including phenoxy) is 2. The van der Waals surface area contributed by atoms with Crippen molar-refractivity contribution in [3.63, 3.8) is 0 Å². The Morgan fingerprint density at radius 2 is 0.696 bits per heavy atom. The highest BCUT2D eigenvalue weighted by atomic mass is 31.1. The summed E-state index contributed by atoms with van der Waals surface area (Å²) in [7, 11) is -1.65. The molecule has 10 rings (SSSR count). The summed E-state index contributed by atoms with van der Waals surface area (Å²) < 4.78 is 13.0. The minimum Gasteiger partial charge on any atom is -0.457 e. The number of rotatable bonds is 6. The quantitative estimate of drug-likeness (QED) is 0.157. The van der Waals surface area contributed by atoms with Gasteiger partial charge in [-0.1, -0.05) is 208 Å². The average molecular weight is 761 g/mol. The van der Waals surface area contributed by atoms with Crippen LogP contribution in [0.4, 0.5) is 0 Å². The van der Waals surface area contributed by atoms with Crippen LogP contribution in [0.3, 0.4) is 0 Å². The third kappa shape index (κ3) is 6.97. The standard InChI is InChI=1S/C39H32OP2.C13H10O/c1-39(2)33-25-15-27-35(41(29-17-7-3-8-18-29)30-19-9-4-10-20-30)37(33)40-38-34(39)26-16-28-36(38)42(31-21-11-5-12-22-31)32-23-13-6-14-24-32;1-3-7-12-10(5-1)9-11-6-2-4-8-13(11)14-12/h3-28H,1-2H3;1-8H,9H2. The second-order valence-corrected chi connectivity index (χ2v) is 18.9. The molecule has 0 fully saturated rings. The van der Waals surface area contributed by atoms with E-state index in [0.29, 0.717) is 0 Å². The summed E-state index contributed by atoms with van der Waals surface area (Å²) >= 11 is 0. The number of hydrogen-bond acceptors (Lipinski definition) is 2. The Labute approximate surface area is 333 Å². The molecule has 56 heavy (non-hydrogen) atoms. The molecule has 2 aliphatic rings. The van der Waals surface area contributed by atoms with E-state index in [0.717, 1.165) is 29.4 Å². The predicted molar refractivity (Wildman–Crippen MR) is 238 cm³/mol. The maximum Gasteiger partial charge on any atom is 0.139 e. The van der Waals surface area contributed by atoms with Crippen LogP contribution in [0.15, 0.2) is 206 Å². The van der Waals surface area contributed by atoms with Crippen molar-refractivity contribution in [3.05, 3.63) is 229 Å². The second-order valence-electron chi connectivity index (χ2n) is 14.5. The number of fused-ring (bicyclic) bond motifs is 4. The average Bonchev–Trinajstić information content (AvgIpc) is 3.25. The first kappa shape index (κ1) is 35.9. The molecule has 8 aromatic carbocycles. The van der Waals surface area contributed by atoms with Crippen molar-refractivity contribution in [2.75, 3.05) is 0 Å². The Kier molecular flexibility index (Phi) is 10.1. The lowest BCUT2D eigenvalue weighted by Gasteiger charge is -2.38. The maximum atomic E-state index is 7.26. The van der Waals surface area contributed by atoms with Gasteiger partial charge in [0.25, 0.3) is 0 Å². The molecule has 0 unspecified atom stereocenters. The maximum absolute atomic E-state index is 7.26. The second kappa shape index (κ2) is 15.8. The van der Waals surface area contributed by atoms with Gasteiger partial charge in [0.1, 0.15) is 23.0 Å². The van der Waals surface area contributed by atoms with Crippen LogP contribution < -0.4 is 41.3 Å². The summed E-state index contributed by atoms with van der Waals surface area (Å²) in [5.41, 5.74) is 4.80. The van der Waals surface area contributed by atoms with Gasteiger partial charge in [-0.15, -0.1) is 0 Å². The van der Waals surface area contributed by atoms with E-state index in [-0.39, 0.29) is 5.41 Å². The SMILES string of the molecule is CC1(C)c2cccc(P(c3ccccc3)c3ccccc3)c2Oc2c(P(c3ccccc3)c3ccccc3)cccc21.c1ccc2c(c1)Cc1ccccc1O2. The van der Waals surface area contributed by atoms with Gasteiger partial charge >= 0.3 is 0 Å². The molecule has 2 nitrogen and oxygen atoms in total. The molecule has 0 bridgehead atoms. The zero-order chi connectivity index (χ0) is 37.9. The fraction of sp³-hybridized carbons (Fsp3) is 0.0769. The van der Waals surface area contributed by atoms with E-state index in [4.69, 9.17) is 9.47 Å². The molecule has 2 heterocycles. The monoisotopic (exact) mass is 760 g/mol. The Hall–Kier alpha value is -5.78. The fourth-order valence-electron chi connectivity index (χ4n) is 7.83. The minimum atomic E-state index is -0.824. The van der Waals surface area contributed by atoms with Gasteiger partial charge in [0.15, 0.2) is 0 Å². The molecule has 0 amide bonds. The Bertz CT molecular complexity index is 2290. The van der Waals surface area contributed by atoms with Crippen molar-refractivity contribution in [2.24, 2.45) is 0 Å². The molecule has 0 N–H and O–H groups in total. The van der Waals surface area contributed by atoms with E-state index in [1.54, 1.807) is 0 Å². The summed E-state index contributed by atoms with van der Waals surface area (Å²) in [5.74, 6) is 4.01. The van der Waals surface area contributed by atoms with E-state index in [2.05, 4.69) is 196 Å². The van der Waals surface area contributed by atoms with Crippen LogP contribution in [-0.2, 0) is 11.8 Å². The van der Waals surface area contributed by atoms with Crippen molar-refractivity contribution in [3.8, 4) is 23.0 Å². The summed E-state index contributed by atoms with van der Waals surface area (Å²) in [4.78, 5) is 0. The molecule has 0 saturated heterocycles. The topological polar surface area (TPSA) is 18.5 Å². The van der Waals surface area contributed by atoms with Crippen molar-refractivity contribution >= 4 is 47.7 Å². The Morgan fingerprint density at radius 1 is 0.357 bits per heavy atom. The third-order valence-electron chi connectivity index (χ3n) is 10.6. The number of para-hydroxylation sites is 4. The van der Waals surface area contributed by atoms with Gasteiger partial charge in [-0.2, -0.15) is 0 Å². The first-order valence-electron chi connectivity index (χ1n) is 19.2. The number of hydrogen-bond donors (Lipinski definition) is 0. The molecule has 2 aliphatic heterocycles. The highest BCUT2D eigenvalue weighted by Gasteiger charge is 2.39. The minimum absolute atomic E-state index is 0.225.